The van der Waals surface area contributed by atoms with Crippen molar-refractivity contribution in [2.45, 2.75) is 55.4 Å². The standard InChI is InChI=1S/C14H24N2O8/c1-6(19)16-7(4-17)3-14(11(16)13(23)15-2)12(22)10(21)9(20)8(5-18)24-14/h7-12,17-18,20-22H,3-5H2,1-2H3,(H,15,23)/t7-,8-,9-,10+,11-,12-,14+/m1/s1. The average Bonchev–Trinajstić information content (AvgIpc) is 2.91. The molecule has 2 fully saturated rings. The molecule has 0 bridgehead atoms. The van der Waals surface area contributed by atoms with Crippen molar-refractivity contribution < 1.29 is 39.9 Å². The van der Waals surface area contributed by atoms with Gasteiger partial charge in [-0.15, -0.1) is 0 Å². The molecule has 2 rings (SSSR count). The van der Waals surface area contributed by atoms with Gasteiger partial charge in [0.05, 0.1) is 19.3 Å². The molecule has 6 N–H and O–H groups in total. The Morgan fingerprint density at radius 2 is 1.83 bits per heavy atom. The molecular formula is C14H24N2O8. The van der Waals surface area contributed by atoms with Crippen LogP contribution in [0, 0.1) is 0 Å². The van der Waals surface area contributed by atoms with Crippen molar-refractivity contribution in [2.75, 3.05) is 20.3 Å². The lowest BCUT2D eigenvalue weighted by Gasteiger charge is -2.49. The molecule has 1 spiro atoms. The first kappa shape index (κ1) is 19.0. The van der Waals surface area contributed by atoms with Gasteiger partial charge in [-0.2, -0.15) is 0 Å². The third kappa shape index (κ3) is 2.68. The van der Waals surface area contributed by atoms with Crippen molar-refractivity contribution in [3.8, 4) is 0 Å². The Labute approximate surface area is 138 Å². The number of likely N-dealkylation sites (N-methyl/N-ethyl adjacent to an activating group) is 1. The Kier molecular flexibility index (Phi) is 5.47. The number of hydrogen-bond acceptors (Lipinski definition) is 8. The Balaban J connectivity index is 2.54. The van der Waals surface area contributed by atoms with Crippen LogP contribution < -0.4 is 5.32 Å². The molecule has 2 aliphatic rings. The van der Waals surface area contributed by atoms with E-state index < -0.39 is 67.1 Å². The molecule has 10 heteroatoms. The Hall–Kier alpha value is -1.30. The third-order valence-electron chi connectivity index (χ3n) is 4.86. The molecule has 138 valence electrons. The van der Waals surface area contributed by atoms with E-state index in [0.29, 0.717) is 0 Å². The monoisotopic (exact) mass is 348 g/mol. The van der Waals surface area contributed by atoms with Gasteiger partial charge in [0.25, 0.3) is 0 Å². The highest BCUT2D eigenvalue weighted by atomic mass is 16.6. The Morgan fingerprint density at radius 3 is 2.29 bits per heavy atom. The summed E-state index contributed by atoms with van der Waals surface area (Å²) < 4.78 is 5.65. The SMILES string of the molecule is CNC(=O)[C@H]1N(C(C)=O)[C@@H](CO)C[C@]12O[C@H](CO)[C@@H](O)[C@H](O)[C@H]2O. The number of hydrogen-bond donors (Lipinski definition) is 6. The first-order valence-electron chi connectivity index (χ1n) is 7.69. The second-order valence-electron chi connectivity index (χ2n) is 6.20. The number of rotatable bonds is 3. The molecule has 2 heterocycles. The van der Waals surface area contributed by atoms with Crippen molar-refractivity contribution in [1.29, 1.82) is 0 Å². The highest BCUT2D eigenvalue weighted by Gasteiger charge is 2.66. The minimum atomic E-state index is -1.76. The maximum atomic E-state index is 12.4. The lowest BCUT2D eigenvalue weighted by atomic mass is 9.78. The lowest BCUT2D eigenvalue weighted by molar-refractivity contribution is -0.277. The van der Waals surface area contributed by atoms with Crippen LogP contribution in [0.2, 0.25) is 0 Å². The zero-order valence-electron chi connectivity index (χ0n) is 13.5. The molecule has 0 aromatic heterocycles. The fourth-order valence-electron chi connectivity index (χ4n) is 3.76. The summed E-state index contributed by atoms with van der Waals surface area (Å²) in [5.41, 5.74) is -1.76. The molecule has 0 unspecified atom stereocenters. The summed E-state index contributed by atoms with van der Waals surface area (Å²) in [7, 11) is 1.34. The largest absolute Gasteiger partial charge is 0.394 e. The van der Waals surface area contributed by atoms with Gasteiger partial charge in [-0.3, -0.25) is 9.59 Å². The molecule has 0 saturated carbocycles. The van der Waals surface area contributed by atoms with Crippen LogP contribution >= 0.6 is 0 Å². The number of carbonyl (C=O) groups excluding carboxylic acids is 2. The minimum Gasteiger partial charge on any atom is -0.394 e. The fourth-order valence-corrected chi connectivity index (χ4v) is 3.76. The van der Waals surface area contributed by atoms with Crippen molar-refractivity contribution >= 4 is 11.8 Å². The van der Waals surface area contributed by atoms with E-state index in [1.54, 1.807) is 0 Å². The maximum Gasteiger partial charge on any atom is 0.245 e. The molecule has 10 nitrogen and oxygen atoms in total. The molecule has 0 aromatic rings. The molecule has 0 aliphatic carbocycles. The smallest absolute Gasteiger partial charge is 0.245 e. The molecule has 2 amide bonds. The van der Waals surface area contributed by atoms with Crippen LogP contribution in [0.5, 0.6) is 0 Å². The topological polar surface area (TPSA) is 160 Å². The average molecular weight is 348 g/mol. The van der Waals surface area contributed by atoms with Crippen molar-refractivity contribution in [2.24, 2.45) is 0 Å². The summed E-state index contributed by atoms with van der Waals surface area (Å²) in [4.78, 5) is 25.5. The number of likely N-dealkylation sites (tertiary alicyclic amines) is 1. The third-order valence-corrected chi connectivity index (χ3v) is 4.86. The molecule has 2 aliphatic heterocycles. The number of ether oxygens (including phenoxy) is 1. The second kappa shape index (κ2) is 6.90. The number of aliphatic hydroxyl groups is 5. The summed E-state index contributed by atoms with van der Waals surface area (Å²) in [5, 5.41) is 51.9. The number of carbonyl (C=O) groups is 2. The minimum absolute atomic E-state index is 0.136. The maximum absolute atomic E-state index is 12.4. The molecule has 24 heavy (non-hydrogen) atoms. The zero-order valence-corrected chi connectivity index (χ0v) is 13.5. The van der Waals surface area contributed by atoms with Gasteiger partial charge in [-0.1, -0.05) is 0 Å². The van der Waals surface area contributed by atoms with E-state index in [9.17, 15) is 35.1 Å². The van der Waals surface area contributed by atoms with E-state index in [0.717, 1.165) is 4.90 Å². The van der Waals surface area contributed by atoms with E-state index in [4.69, 9.17) is 4.74 Å². The summed E-state index contributed by atoms with van der Waals surface area (Å²) in [6.45, 7) is 0.0754. The predicted molar refractivity (Wildman–Crippen MR) is 78.6 cm³/mol. The van der Waals surface area contributed by atoms with Crippen molar-refractivity contribution in [3.63, 3.8) is 0 Å². The zero-order chi connectivity index (χ0) is 18.2. The molecule has 0 radical (unpaired) electrons. The van der Waals surface area contributed by atoms with Crippen molar-refractivity contribution in [3.05, 3.63) is 0 Å². The van der Waals surface area contributed by atoms with Crippen LogP contribution in [0.15, 0.2) is 0 Å². The number of nitrogens with zero attached hydrogens (tertiary/aromatic N) is 1. The highest BCUT2D eigenvalue weighted by Crippen LogP contribution is 2.44. The summed E-state index contributed by atoms with van der Waals surface area (Å²) in [5.74, 6) is -1.17. The van der Waals surface area contributed by atoms with E-state index in [-0.39, 0.29) is 6.42 Å². The van der Waals surface area contributed by atoms with E-state index >= 15 is 0 Å². The summed E-state index contributed by atoms with van der Waals surface area (Å²) in [6.07, 6.45) is -6.32. The van der Waals surface area contributed by atoms with E-state index in [1.807, 2.05) is 0 Å². The van der Waals surface area contributed by atoms with Gasteiger partial charge in [0, 0.05) is 20.4 Å². The molecule has 0 aromatic carbocycles. The Bertz CT molecular complexity index is 501. The molecule has 2 saturated heterocycles. The van der Waals surface area contributed by atoms with Crippen LogP contribution in [0.1, 0.15) is 13.3 Å². The number of aliphatic hydroxyl groups excluding tert-OH is 5. The van der Waals surface area contributed by atoms with Gasteiger partial charge in [-0.25, -0.2) is 0 Å². The van der Waals surface area contributed by atoms with Crippen LogP contribution in [0.25, 0.3) is 0 Å². The van der Waals surface area contributed by atoms with Gasteiger partial charge in [0.1, 0.15) is 36.1 Å². The number of amides is 2. The number of nitrogens with one attached hydrogen (secondary N) is 1. The van der Waals surface area contributed by atoms with E-state index in [1.165, 1.54) is 14.0 Å². The van der Waals surface area contributed by atoms with Gasteiger partial charge < -0.3 is 40.5 Å². The van der Waals surface area contributed by atoms with Gasteiger partial charge in [-0.05, 0) is 0 Å². The predicted octanol–water partition coefficient (Wildman–Crippen LogP) is -4.07. The fraction of sp³-hybridized carbons (Fsp3) is 0.857. The second-order valence-corrected chi connectivity index (χ2v) is 6.20. The van der Waals surface area contributed by atoms with E-state index in [2.05, 4.69) is 5.32 Å². The quantitative estimate of drug-likeness (QED) is 0.300. The Morgan fingerprint density at radius 1 is 1.21 bits per heavy atom. The normalized spacial score (nSPS) is 42.4. The summed E-state index contributed by atoms with van der Waals surface area (Å²) >= 11 is 0. The summed E-state index contributed by atoms with van der Waals surface area (Å²) in [6, 6.07) is -2.15. The first-order chi connectivity index (χ1) is 11.2. The van der Waals surface area contributed by atoms with Crippen LogP contribution in [-0.4, -0.2) is 105 Å². The first-order valence-corrected chi connectivity index (χ1v) is 7.69. The molecule has 7 atom stereocenters. The van der Waals surface area contributed by atoms with Crippen LogP contribution in [0.4, 0.5) is 0 Å². The van der Waals surface area contributed by atoms with Crippen LogP contribution in [0.3, 0.4) is 0 Å². The molecular weight excluding hydrogens is 324 g/mol. The highest BCUT2D eigenvalue weighted by molar-refractivity contribution is 5.89. The van der Waals surface area contributed by atoms with Gasteiger partial charge in [0.15, 0.2) is 0 Å². The van der Waals surface area contributed by atoms with Crippen molar-refractivity contribution in [1.82, 2.24) is 10.2 Å². The van der Waals surface area contributed by atoms with Gasteiger partial charge in [0.2, 0.25) is 11.8 Å². The lowest BCUT2D eigenvalue weighted by Crippen LogP contribution is -2.71. The van der Waals surface area contributed by atoms with Gasteiger partial charge >= 0.3 is 0 Å². The van der Waals surface area contributed by atoms with Crippen LogP contribution in [-0.2, 0) is 14.3 Å².